The molecule has 0 radical (unpaired) electrons. The van der Waals surface area contributed by atoms with E-state index < -0.39 is 0 Å². The molecule has 136 valence electrons. The number of nitrogens with zero attached hydrogens (tertiary/aromatic N) is 4. The molecule has 5 nitrogen and oxygen atoms in total. The average molecular weight is 350 g/mol. The molecule has 0 atom stereocenters. The van der Waals surface area contributed by atoms with Gasteiger partial charge in [-0.3, -0.25) is 4.98 Å². The summed E-state index contributed by atoms with van der Waals surface area (Å²) in [6, 6.07) is 4.21. The van der Waals surface area contributed by atoms with E-state index in [-0.39, 0.29) is 0 Å². The maximum absolute atomic E-state index is 11.0. The van der Waals surface area contributed by atoms with Crippen molar-refractivity contribution in [1.82, 2.24) is 15.0 Å². The smallest absolute Gasteiger partial charge is 0.155 e. The van der Waals surface area contributed by atoms with Crippen molar-refractivity contribution in [3.8, 4) is 11.3 Å². The lowest BCUT2D eigenvalue weighted by molar-refractivity contribution is -0.106. The zero-order chi connectivity index (χ0) is 18.8. The third-order valence-electron chi connectivity index (χ3n) is 4.81. The summed E-state index contributed by atoms with van der Waals surface area (Å²) in [6.45, 7) is 11.5. The maximum Gasteiger partial charge on any atom is 0.155 e. The first-order valence-corrected chi connectivity index (χ1v) is 9.20. The Kier molecular flexibility index (Phi) is 5.16. The molecule has 0 saturated heterocycles. The molecule has 0 spiro atoms. The second-order valence-corrected chi connectivity index (χ2v) is 7.03. The first-order valence-electron chi connectivity index (χ1n) is 9.20. The number of carbonyl (C=O) groups excluding carboxylic acids is 1. The Balaban J connectivity index is 2.15. The fourth-order valence-corrected chi connectivity index (χ4v) is 3.25. The molecule has 0 saturated carbocycles. The molecule has 0 amide bonds. The van der Waals surface area contributed by atoms with Gasteiger partial charge in [0.05, 0.1) is 17.9 Å². The van der Waals surface area contributed by atoms with Crippen molar-refractivity contribution in [2.75, 3.05) is 18.0 Å². The lowest BCUT2D eigenvalue weighted by atomic mass is 10.0. The predicted molar refractivity (Wildman–Crippen MR) is 105 cm³/mol. The third kappa shape index (κ3) is 3.26. The van der Waals surface area contributed by atoms with Gasteiger partial charge >= 0.3 is 0 Å². The molecule has 0 aliphatic carbocycles. The molecule has 3 rings (SSSR count). The minimum absolute atomic E-state index is 0.328. The predicted octanol–water partition coefficient (Wildman–Crippen LogP) is 3.96. The summed E-state index contributed by atoms with van der Waals surface area (Å²) < 4.78 is 0. The third-order valence-corrected chi connectivity index (χ3v) is 4.81. The van der Waals surface area contributed by atoms with E-state index in [1.165, 1.54) is 0 Å². The van der Waals surface area contributed by atoms with Crippen LogP contribution in [-0.4, -0.2) is 34.3 Å². The number of rotatable bonds is 5. The minimum atomic E-state index is 0.328. The molecule has 0 fully saturated rings. The summed E-state index contributed by atoms with van der Waals surface area (Å²) in [5.41, 5.74) is 6.89. The molecular weight excluding hydrogens is 324 g/mol. The quantitative estimate of drug-likeness (QED) is 0.764. The Labute approximate surface area is 155 Å². The van der Waals surface area contributed by atoms with Crippen LogP contribution in [0.1, 0.15) is 56.4 Å². The van der Waals surface area contributed by atoms with Crippen LogP contribution in [0.3, 0.4) is 0 Å². The Morgan fingerprint density at radius 3 is 2.58 bits per heavy atom. The highest BCUT2D eigenvalue weighted by molar-refractivity contribution is 5.79. The van der Waals surface area contributed by atoms with E-state index >= 15 is 0 Å². The maximum atomic E-state index is 11.0. The molecule has 0 bridgehead atoms. The highest BCUT2D eigenvalue weighted by Gasteiger charge is 2.23. The number of aldehydes is 1. The monoisotopic (exact) mass is 350 g/mol. The van der Waals surface area contributed by atoms with Crippen LogP contribution >= 0.6 is 0 Å². The lowest BCUT2D eigenvalue weighted by Gasteiger charge is -2.27. The van der Waals surface area contributed by atoms with Crippen molar-refractivity contribution in [1.29, 1.82) is 0 Å². The highest BCUT2D eigenvalue weighted by atomic mass is 16.1. The van der Waals surface area contributed by atoms with Crippen molar-refractivity contribution < 1.29 is 4.79 Å². The van der Waals surface area contributed by atoms with Crippen LogP contribution in [-0.2, 0) is 11.2 Å². The lowest BCUT2D eigenvalue weighted by Crippen LogP contribution is -2.30. The molecule has 26 heavy (non-hydrogen) atoms. The van der Waals surface area contributed by atoms with Gasteiger partial charge in [0, 0.05) is 23.5 Å². The second kappa shape index (κ2) is 7.36. The molecule has 0 aromatic carbocycles. The molecule has 5 heteroatoms. The summed E-state index contributed by atoms with van der Waals surface area (Å²) in [4.78, 5) is 27.6. The van der Waals surface area contributed by atoms with Gasteiger partial charge in [0.1, 0.15) is 12.0 Å². The number of aromatic nitrogens is 3. The van der Waals surface area contributed by atoms with E-state index in [4.69, 9.17) is 15.0 Å². The van der Waals surface area contributed by atoms with E-state index in [2.05, 4.69) is 39.0 Å². The number of hydrogen-bond acceptors (Lipinski definition) is 5. The molecule has 2 aromatic heterocycles. The van der Waals surface area contributed by atoms with Crippen LogP contribution in [0.4, 0.5) is 5.82 Å². The normalized spacial score (nSPS) is 13.6. The van der Waals surface area contributed by atoms with E-state index in [1.807, 2.05) is 18.7 Å². The Bertz CT molecular complexity index is 871. The molecule has 3 heterocycles. The number of aryl methyl sites for hydroxylation is 2. The van der Waals surface area contributed by atoms with Crippen molar-refractivity contribution >= 4 is 17.7 Å². The fourth-order valence-electron chi connectivity index (χ4n) is 3.25. The van der Waals surface area contributed by atoms with Gasteiger partial charge in [0.2, 0.25) is 0 Å². The van der Waals surface area contributed by atoms with Crippen molar-refractivity contribution in [2.45, 2.75) is 47.0 Å². The SMILES string of the molecule is CCc1nc(C(C)C)ccc1-c1nc2c(nc1C)N(CC=O)CC=C2C. The van der Waals surface area contributed by atoms with Crippen LogP contribution < -0.4 is 4.90 Å². The van der Waals surface area contributed by atoms with Crippen LogP contribution in [0, 0.1) is 6.92 Å². The van der Waals surface area contributed by atoms with E-state index in [1.54, 1.807) is 0 Å². The number of allylic oxidation sites excluding steroid dienone is 1. The minimum Gasteiger partial charge on any atom is -0.344 e. The highest BCUT2D eigenvalue weighted by Crippen LogP contribution is 2.33. The van der Waals surface area contributed by atoms with Crippen LogP contribution in [0.15, 0.2) is 18.2 Å². The van der Waals surface area contributed by atoms with Gasteiger partial charge in [0.25, 0.3) is 0 Å². The van der Waals surface area contributed by atoms with Gasteiger partial charge in [-0.05, 0) is 43.9 Å². The molecule has 0 unspecified atom stereocenters. The number of fused-ring (bicyclic) bond motifs is 1. The number of pyridine rings is 1. The first-order chi connectivity index (χ1) is 12.5. The van der Waals surface area contributed by atoms with Gasteiger partial charge in [-0.15, -0.1) is 0 Å². The van der Waals surface area contributed by atoms with Crippen LogP contribution in [0.2, 0.25) is 0 Å². The summed E-state index contributed by atoms with van der Waals surface area (Å²) in [5.74, 6) is 1.19. The molecule has 2 aromatic rings. The summed E-state index contributed by atoms with van der Waals surface area (Å²) in [5, 5.41) is 0. The van der Waals surface area contributed by atoms with Crippen molar-refractivity contribution in [3.05, 3.63) is 41.0 Å². The molecule has 0 N–H and O–H groups in total. The van der Waals surface area contributed by atoms with Gasteiger partial charge in [0.15, 0.2) is 5.82 Å². The molecule has 1 aliphatic heterocycles. The summed E-state index contributed by atoms with van der Waals surface area (Å²) in [6.07, 6.45) is 3.85. The van der Waals surface area contributed by atoms with Crippen LogP contribution in [0.25, 0.3) is 16.8 Å². The fraction of sp³-hybridized carbons (Fsp3) is 0.429. The Hall–Kier alpha value is -2.56. The zero-order valence-electron chi connectivity index (χ0n) is 16.2. The average Bonchev–Trinajstić information content (AvgIpc) is 2.63. The molecule has 1 aliphatic rings. The summed E-state index contributed by atoms with van der Waals surface area (Å²) in [7, 11) is 0. The summed E-state index contributed by atoms with van der Waals surface area (Å²) >= 11 is 0. The second-order valence-electron chi connectivity index (χ2n) is 7.03. The van der Waals surface area contributed by atoms with Gasteiger partial charge in [-0.25, -0.2) is 9.97 Å². The Morgan fingerprint density at radius 2 is 1.92 bits per heavy atom. The number of carbonyl (C=O) groups is 1. The van der Waals surface area contributed by atoms with E-state index in [0.717, 1.165) is 58.1 Å². The number of anilines is 1. The number of hydrogen-bond donors (Lipinski definition) is 0. The van der Waals surface area contributed by atoms with Gasteiger partial charge < -0.3 is 9.69 Å². The van der Waals surface area contributed by atoms with Crippen LogP contribution in [0.5, 0.6) is 0 Å². The molecular formula is C21H26N4O. The first kappa shape index (κ1) is 18.2. The topological polar surface area (TPSA) is 59.0 Å². The largest absolute Gasteiger partial charge is 0.344 e. The van der Waals surface area contributed by atoms with E-state index in [9.17, 15) is 4.79 Å². The van der Waals surface area contributed by atoms with Crippen molar-refractivity contribution in [3.63, 3.8) is 0 Å². The van der Waals surface area contributed by atoms with Crippen molar-refractivity contribution in [2.24, 2.45) is 0 Å². The van der Waals surface area contributed by atoms with E-state index in [0.29, 0.717) is 19.0 Å². The zero-order valence-corrected chi connectivity index (χ0v) is 16.2. The van der Waals surface area contributed by atoms with Gasteiger partial charge in [-0.2, -0.15) is 0 Å². The van der Waals surface area contributed by atoms with Gasteiger partial charge in [-0.1, -0.05) is 26.8 Å². The standard InChI is InChI=1S/C21H26N4O/c1-6-17-16(7-8-18(23-17)13(2)3)20-15(5)22-21-19(24-20)14(4)9-10-25(21)11-12-26/h7-9,12-13H,6,10-11H2,1-5H3. The Morgan fingerprint density at radius 1 is 1.15 bits per heavy atom.